The lowest BCUT2D eigenvalue weighted by Gasteiger charge is -2.24. The molecular formula is C24H27F3O2. The Hall–Kier alpha value is -2.43. The Morgan fingerprint density at radius 3 is 2.24 bits per heavy atom. The summed E-state index contributed by atoms with van der Waals surface area (Å²) in [6, 6.07) is 8.09. The Morgan fingerprint density at radius 2 is 1.59 bits per heavy atom. The molecule has 1 aliphatic carbocycles. The van der Waals surface area contributed by atoms with Gasteiger partial charge in [0, 0.05) is 11.8 Å². The molecule has 3 rings (SSSR count). The zero-order valence-electron chi connectivity index (χ0n) is 16.9. The van der Waals surface area contributed by atoms with Crippen LogP contribution in [0, 0.1) is 17.5 Å². The van der Waals surface area contributed by atoms with Gasteiger partial charge in [-0.05, 0) is 55.5 Å². The van der Waals surface area contributed by atoms with Crippen molar-refractivity contribution < 1.29 is 22.6 Å². The van der Waals surface area contributed by atoms with Crippen LogP contribution in [0.1, 0.15) is 62.5 Å². The van der Waals surface area contributed by atoms with Crippen LogP contribution in [-0.2, 0) is 0 Å². The van der Waals surface area contributed by atoms with E-state index < -0.39 is 11.6 Å². The van der Waals surface area contributed by atoms with Crippen molar-refractivity contribution in [1.29, 1.82) is 0 Å². The zero-order chi connectivity index (χ0) is 20.8. The minimum absolute atomic E-state index is 0.0396. The average Bonchev–Trinajstić information content (AvgIpc) is 2.73. The predicted octanol–water partition coefficient (Wildman–Crippen LogP) is 6.90. The monoisotopic (exact) mass is 404 g/mol. The molecule has 2 aromatic rings. The summed E-state index contributed by atoms with van der Waals surface area (Å²) < 4.78 is 53.6. The van der Waals surface area contributed by atoms with Crippen LogP contribution in [0.3, 0.4) is 0 Å². The van der Waals surface area contributed by atoms with E-state index >= 15 is 0 Å². The van der Waals surface area contributed by atoms with E-state index in [1.807, 2.05) is 32.1 Å². The third kappa shape index (κ3) is 4.95. The van der Waals surface area contributed by atoms with E-state index in [1.54, 1.807) is 12.1 Å². The summed E-state index contributed by atoms with van der Waals surface area (Å²) in [6.45, 7) is 4.60. The van der Waals surface area contributed by atoms with E-state index in [4.69, 9.17) is 9.47 Å². The second kappa shape index (κ2) is 9.86. The first-order valence-corrected chi connectivity index (χ1v) is 10.3. The number of allylic oxidation sites excluding steroid dienone is 2. The molecule has 0 N–H and O–H groups in total. The fourth-order valence-corrected chi connectivity index (χ4v) is 3.65. The highest BCUT2D eigenvalue weighted by Gasteiger charge is 2.24. The second-order valence-electron chi connectivity index (χ2n) is 7.28. The molecule has 5 heteroatoms. The van der Waals surface area contributed by atoms with Crippen LogP contribution in [0.15, 0.2) is 42.5 Å². The largest absolute Gasteiger partial charge is 0.491 e. The number of hydrogen-bond donors (Lipinski definition) is 0. The van der Waals surface area contributed by atoms with Gasteiger partial charge in [0.25, 0.3) is 0 Å². The third-order valence-electron chi connectivity index (χ3n) is 5.28. The number of hydrogen-bond acceptors (Lipinski definition) is 2. The van der Waals surface area contributed by atoms with E-state index in [1.165, 1.54) is 12.1 Å². The highest BCUT2D eigenvalue weighted by atomic mass is 19.2. The first kappa shape index (κ1) is 21.3. The van der Waals surface area contributed by atoms with Gasteiger partial charge in [-0.3, -0.25) is 0 Å². The molecule has 2 unspecified atom stereocenters. The van der Waals surface area contributed by atoms with Gasteiger partial charge in [-0.1, -0.05) is 37.6 Å². The quantitative estimate of drug-likeness (QED) is 0.352. The summed E-state index contributed by atoms with van der Waals surface area (Å²) >= 11 is 0. The molecule has 0 saturated heterocycles. The lowest BCUT2D eigenvalue weighted by molar-refractivity contribution is 0.288. The maximum Gasteiger partial charge on any atom is 0.200 e. The Morgan fingerprint density at radius 1 is 0.862 bits per heavy atom. The molecule has 1 aliphatic rings. The molecule has 0 heterocycles. The van der Waals surface area contributed by atoms with Crippen molar-refractivity contribution in [2.24, 2.45) is 0 Å². The van der Waals surface area contributed by atoms with Crippen LogP contribution in [0.25, 0.3) is 0 Å². The number of benzene rings is 2. The summed E-state index contributed by atoms with van der Waals surface area (Å²) in [4.78, 5) is 0. The van der Waals surface area contributed by atoms with Gasteiger partial charge in [0.2, 0.25) is 5.82 Å². The molecule has 0 aliphatic heterocycles. The number of unbranched alkanes of at least 4 members (excludes halogenated alkanes) is 1. The van der Waals surface area contributed by atoms with Crippen LogP contribution in [0.4, 0.5) is 13.2 Å². The molecule has 0 fully saturated rings. The van der Waals surface area contributed by atoms with Gasteiger partial charge in [0.05, 0.1) is 13.2 Å². The highest BCUT2D eigenvalue weighted by Crippen LogP contribution is 2.38. The lowest BCUT2D eigenvalue weighted by Crippen LogP contribution is -2.10. The Labute approximate surface area is 170 Å². The zero-order valence-corrected chi connectivity index (χ0v) is 16.9. The van der Waals surface area contributed by atoms with E-state index in [9.17, 15) is 13.2 Å². The molecule has 0 bridgehead atoms. The predicted molar refractivity (Wildman–Crippen MR) is 108 cm³/mol. The Balaban J connectivity index is 1.72. The number of rotatable bonds is 8. The summed E-state index contributed by atoms with van der Waals surface area (Å²) in [5.41, 5.74) is 1.19. The van der Waals surface area contributed by atoms with Crippen LogP contribution in [0.5, 0.6) is 11.5 Å². The average molecular weight is 404 g/mol. The van der Waals surface area contributed by atoms with Gasteiger partial charge >= 0.3 is 0 Å². The normalized spacial score (nSPS) is 18.7. The summed E-state index contributed by atoms with van der Waals surface area (Å²) in [5, 5.41) is 0. The van der Waals surface area contributed by atoms with Gasteiger partial charge in [0.15, 0.2) is 23.1 Å². The van der Waals surface area contributed by atoms with Crippen LogP contribution in [0.2, 0.25) is 0 Å². The standard InChI is InChI=1S/C24H27F3O2/c1-3-5-14-29-22-13-11-19(23(26)24(22)27)17-8-6-16(7-9-17)18-10-12-21(28-4-2)20(25)15-18/h6,8,10-13,15-17H,3-5,7,9,14H2,1-2H3. The molecule has 2 aromatic carbocycles. The van der Waals surface area contributed by atoms with Gasteiger partial charge in [-0.15, -0.1) is 0 Å². The number of ether oxygens (including phenoxy) is 2. The fourth-order valence-electron chi connectivity index (χ4n) is 3.65. The van der Waals surface area contributed by atoms with Crippen molar-refractivity contribution in [3.63, 3.8) is 0 Å². The smallest absolute Gasteiger partial charge is 0.200 e. The molecule has 2 nitrogen and oxygen atoms in total. The van der Waals surface area contributed by atoms with E-state index in [-0.39, 0.29) is 29.2 Å². The molecule has 0 radical (unpaired) electrons. The molecule has 0 saturated carbocycles. The van der Waals surface area contributed by atoms with Gasteiger partial charge in [-0.2, -0.15) is 4.39 Å². The topological polar surface area (TPSA) is 18.5 Å². The summed E-state index contributed by atoms with van der Waals surface area (Å²) in [6.07, 6.45) is 6.94. The van der Waals surface area contributed by atoms with E-state index in [0.717, 1.165) is 24.8 Å². The fraction of sp³-hybridized carbons (Fsp3) is 0.417. The summed E-state index contributed by atoms with van der Waals surface area (Å²) in [5.74, 6) is -2.12. The van der Waals surface area contributed by atoms with Crippen LogP contribution in [-0.4, -0.2) is 13.2 Å². The second-order valence-corrected chi connectivity index (χ2v) is 7.28. The minimum Gasteiger partial charge on any atom is -0.491 e. The van der Waals surface area contributed by atoms with Crippen molar-refractivity contribution in [1.82, 2.24) is 0 Å². The molecule has 0 amide bonds. The van der Waals surface area contributed by atoms with Crippen LogP contribution >= 0.6 is 0 Å². The Kier molecular flexibility index (Phi) is 7.24. The Bertz CT molecular complexity index is 863. The van der Waals surface area contributed by atoms with Crippen molar-refractivity contribution in [2.75, 3.05) is 13.2 Å². The molecule has 2 atom stereocenters. The molecule has 0 aromatic heterocycles. The highest BCUT2D eigenvalue weighted by molar-refractivity contribution is 5.38. The molecular weight excluding hydrogens is 377 g/mol. The lowest BCUT2D eigenvalue weighted by atomic mass is 9.81. The molecule has 29 heavy (non-hydrogen) atoms. The van der Waals surface area contributed by atoms with Crippen molar-refractivity contribution in [3.05, 3.63) is 71.1 Å². The van der Waals surface area contributed by atoms with Gasteiger partial charge < -0.3 is 9.47 Å². The molecule has 0 spiro atoms. The van der Waals surface area contributed by atoms with Gasteiger partial charge in [-0.25, -0.2) is 8.78 Å². The first-order chi connectivity index (χ1) is 14.0. The van der Waals surface area contributed by atoms with E-state index in [2.05, 4.69) is 0 Å². The van der Waals surface area contributed by atoms with Crippen LogP contribution < -0.4 is 9.47 Å². The minimum atomic E-state index is -0.928. The molecule has 156 valence electrons. The third-order valence-corrected chi connectivity index (χ3v) is 5.28. The van der Waals surface area contributed by atoms with E-state index in [0.29, 0.717) is 25.2 Å². The van der Waals surface area contributed by atoms with Crippen molar-refractivity contribution >= 4 is 0 Å². The van der Waals surface area contributed by atoms with Crippen molar-refractivity contribution in [2.45, 2.75) is 51.4 Å². The maximum atomic E-state index is 14.6. The first-order valence-electron chi connectivity index (χ1n) is 10.3. The summed E-state index contributed by atoms with van der Waals surface area (Å²) in [7, 11) is 0. The number of halogens is 3. The van der Waals surface area contributed by atoms with Gasteiger partial charge in [0.1, 0.15) is 0 Å². The van der Waals surface area contributed by atoms with Crippen molar-refractivity contribution in [3.8, 4) is 11.5 Å². The maximum absolute atomic E-state index is 14.6. The SMILES string of the molecule is CCCCOc1ccc(C2C=CC(c3ccc(OCC)c(F)c3)CC2)c(F)c1F.